The van der Waals surface area contributed by atoms with Gasteiger partial charge in [-0.1, -0.05) is 88.4 Å². The molecule has 0 spiro atoms. The molecule has 0 heterocycles. The van der Waals surface area contributed by atoms with Gasteiger partial charge in [-0.25, -0.2) is 19.2 Å². The highest BCUT2D eigenvalue weighted by molar-refractivity contribution is 5.90. The average Bonchev–Trinajstić information content (AvgIpc) is 3.00. The van der Waals surface area contributed by atoms with Crippen LogP contribution in [0, 0.1) is 11.8 Å². The Morgan fingerprint density at radius 3 is 1.54 bits per heavy atom. The van der Waals surface area contributed by atoms with E-state index >= 15 is 0 Å². The summed E-state index contributed by atoms with van der Waals surface area (Å²) in [6.45, 7) is 6.08. The van der Waals surface area contributed by atoms with Gasteiger partial charge in [-0.2, -0.15) is 0 Å². The van der Waals surface area contributed by atoms with Gasteiger partial charge in [0.2, 0.25) is 0 Å². The van der Waals surface area contributed by atoms with Crippen LogP contribution in [0.15, 0.2) is 60.7 Å². The number of hydrogen-bond donors (Lipinski definition) is 3. The molecule has 0 aliphatic rings. The molecule has 0 saturated heterocycles. The Kier molecular flexibility index (Phi) is 15.5. The molecule has 0 saturated carbocycles. The van der Waals surface area contributed by atoms with Crippen molar-refractivity contribution in [1.82, 2.24) is 10.6 Å². The predicted octanol–water partition coefficient (Wildman–Crippen LogP) is 3.71. The van der Waals surface area contributed by atoms with Gasteiger partial charge < -0.3 is 39.4 Å². The molecule has 3 N–H and O–H groups in total. The Morgan fingerprint density at radius 2 is 1.11 bits per heavy atom. The molecule has 0 fully saturated rings. The molecular formula is C32H40N2O12. The predicted molar refractivity (Wildman–Crippen MR) is 161 cm³/mol. The number of carbonyl (C=O) groups excluding carboxylic acids is 5. The van der Waals surface area contributed by atoms with Gasteiger partial charge in [0.25, 0.3) is 6.29 Å². The molecule has 2 aromatic rings. The maximum absolute atomic E-state index is 13.0. The quantitative estimate of drug-likeness (QED) is 0.0980. The van der Waals surface area contributed by atoms with Crippen LogP contribution >= 0.6 is 0 Å². The fourth-order valence-corrected chi connectivity index (χ4v) is 3.78. The summed E-state index contributed by atoms with van der Waals surface area (Å²) in [5, 5.41) is 13.8. The third-order valence-electron chi connectivity index (χ3n) is 6.22. The first-order valence-electron chi connectivity index (χ1n) is 14.6. The number of carbonyl (C=O) groups is 6. The number of hydrogen-bond acceptors (Lipinski definition) is 11. The van der Waals surface area contributed by atoms with E-state index in [1.165, 1.54) is 0 Å². The van der Waals surface area contributed by atoms with Crippen LogP contribution in [0.2, 0.25) is 0 Å². The monoisotopic (exact) mass is 644 g/mol. The molecule has 46 heavy (non-hydrogen) atoms. The van der Waals surface area contributed by atoms with E-state index in [2.05, 4.69) is 10.6 Å². The van der Waals surface area contributed by atoms with E-state index < -0.39 is 79.3 Å². The summed E-state index contributed by atoms with van der Waals surface area (Å²) in [6, 6.07) is 15.4. The number of ether oxygens (including phenoxy) is 5. The van der Waals surface area contributed by atoms with Crippen LogP contribution in [0.25, 0.3) is 0 Å². The van der Waals surface area contributed by atoms with E-state index in [1.54, 1.807) is 82.3 Å². The minimum atomic E-state index is -1.67. The second-order valence-electron chi connectivity index (χ2n) is 10.7. The summed E-state index contributed by atoms with van der Waals surface area (Å²) >= 11 is 0. The third-order valence-corrected chi connectivity index (χ3v) is 6.22. The van der Waals surface area contributed by atoms with Crippen molar-refractivity contribution in [3.05, 3.63) is 71.8 Å². The summed E-state index contributed by atoms with van der Waals surface area (Å²) < 4.78 is 25.9. The van der Waals surface area contributed by atoms with E-state index in [-0.39, 0.29) is 19.6 Å². The average molecular weight is 645 g/mol. The highest BCUT2D eigenvalue weighted by Gasteiger charge is 2.31. The Balaban J connectivity index is 1.98. The zero-order valence-corrected chi connectivity index (χ0v) is 26.1. The molecular weight excluding hydrogens is 604 g/mol. The standard InChI is InChI=1S/C32H40N2O12/c1-20(2)27(33-31(40)43-18-22-11-7-5-8-12-22)29(38)42-16-15-26(45-25(37)17-24(35)36)46-30(39)28(21(3)4)34-32(41)44-19-23-13-9-6-10-14-23/h5-14,20-21,26-28H,15-19H2,1-4H3,(H,33,40)(H,34,41)(H,35,36)/t26?,27-,28-/m0/s1. The van der Waals surface area contributed by atoms with Crippen LogP contribution in [0.1, 0.15) is 51.7 Å². The minimum absolute atomic E-state index is 0.0156. The van der Waals surface area contributed by atoms with Gasteiger partial charge in [0, 0.05) is 0 Å². The van der Waals surface area contributed by atoms with Gasteiger partial charge in [0.1, 0.15) is 31.7 Å². The van der Waals surface area contributed by atoms with E-state index in [4.69, 9.17) is 28.8 Å². The summed E-state index contributed by atoms with van der Waals surface area (Å²) in [5.74, 6) is -5.43. The van der Waals surface area contributed by atoms with Gasteiger partial charge in [-0.05, 0) is 23.0 Å². The molecule has 2 rings (SSSR count). The van der Waals surface area contributed by atoms with Gasteiger partial charge in [0.05, 0.1) is 13.0 Å². The van der Waals surface area contributed by atoms with E-state index in [9.17, 15) is 28.8 Å². The van der Waals surface area contributed by atoms with Crippen molar-refractivity contribution in [2.75, 3.05) is 6.61 Å². The van der Waals surface area contributed by atoms with Crippen LogP contribution in [0.3, 0.4) is 0 Å². The third kappa shape index (κ3) is 14.1. The smallest absolute Gasteiger partial charge is 0.408 e. The molecule has 0 aromatic heterocycles. The topological polar surface area (TPSA) is 193 Å². The van der Waals surface area contributed by atoms with Crippen LogP contribution in [0.5, 0.6) is 0 Å². The van der Waals surface area contributed by atoms with Crippen molar-refractivity contribution in [1.29, 1.82) is 0 Å². The van der Waals surface area contributed by atoms with Gasteiger partial charge in [-0.15, -0.1) is 0 Å². The SMILES string of the molecule is CC(C)[C@H](NC(=O)OCc1ccccc1)C(=O)OCCC(OC(=O)CC(=O)O)OC(=O)[C@@H](NC(=O)OCc1ccccc1)C(C)C. The highest BCUT2D eigenvalue weighted by atomic mass is 16.7. The van der Waals surface area contributed by atoms with Crippen LogP contribution < -0.4 is 10.6 Å². The number of carboxylic acids is 1. The lowest BCUT2D eigenvalue weighted by atomic mass is 10.1. The van der Waals surface area contributed by atoms with E-state index in [0.29, 0.717) is 0 Å². The van der Waals surface area contributed by atoms with Crippen LogP contribution in [0.4, 0.5) is 9.59 Å². The zero-order valence-electron chi connectivity index (χ0n) is 26.1. The number of aliphatic carboxylic acids is 1. The molecule has 0 radical (unpaired) electrons. The molecule has 1 unspecified atom stereocenters. The number of rotatable bonds is 17. The summed E-state index contributed by atoms with van der Waals surface area (Å²) in [4.78, 5) is 73.6. The number of alkyl carbamates (subject to hydrolysis) is 2. The molecule has 0 bridgehead atoms. The molecule has 3 atom stereocenters. The molecule has 14 heteroatoms. The first-order chi connectivity index (χ1) is 21.8. The molecule has 250 valence electrons. The minimum Gasteiger partial charge on any atom is -0.481 e. The van der Waals surface area contributed by atoms with Gasteiger partial charge in [0.15, 0.2) is 0 Å². The van der Waals surface area contributed by atoms with Crippen molar-refractivity contribution < 1.29 is 57.6 Å². The number of esters is 3. The summed E-state index contributed by atoms with van der Waals surface area (Å²) in [6.07, 6.45) is -4.81. The fraction of sp³-hybridized carbons (Fsp3) is 0.438. The fourth-order valence-electron chi connectivity index (χ4n) is 3.78. The van der Waals surface area contributed by atoms with Crippen LogP contribution in [-0.4, -0.2) is 66.2 Å². The maximum atomic E-state index is 13.0. The van der Waals surface area contributed by atoms with Crippen molar-refractivity contribution in [2.24, 2.45) is 11.8 Å². The van der Waals surface area contributed by atoms with Crippen LogP contribution in [-0.2, 0) is 56.1 Å². The summed E-state index contributed by atoms with van der Waals surface area (Å²) in [5.41, 5.74) is 1.47. The lowest BCUT2D eigenvalue weighted by molar-refractivity contribution is -0.193. The molecule has 2 aromatic carbocycles. The largest absolute Gasteiger partial charge is 0.481 e. The second-order valence-corrected chi connectivity index (χ2v) is 10.7. The first kappa shape index (κ1) is 37.0. The number of nitrogens with one attached hydrogen (secondary N) is 2. The van der Waals surface area contributed by atoms with Crippen molar-refractivity contribution in [3.63, 3.8) is 0 Å². The van der Waals surface area contributed by atoms with E-state index in [0.717, 1.165) is 11.1 Å². The number of amides is 2. The Labute approximate surface area is 266 Å². The maximum Gasteiger partial charge on any atom is 0.408 e. The zero-order chi connectivity index (χ0) is 34.1. The molecule has 0 aliphatic heterocycles. The van der Waals surface area contributed by atoms with Gasteiger partial charge in [-0.3, -0.25) is 9.59 Å². The normalized spacial score (nSPS) is 12.7. The molecule has 2 amide bonds. The van der Waals surface area contributed by atoms with Crippen molar-refractivity contribution >= 4 is 36.1 Å². The molecule has 0 aliphatic carbocycles. The lowest BCUT2D eigenvalue weighted by Crippen LogP contribution is -2.47. The highest BCUT2D eigenvalue weighted by Crippen LogP contribution is 2.13. The van der Waals surface area contributed by atoms with E-state index in [1.807, 2.05) is 6.07 Å². The van der Waals surface area contributed by atoms with Crippen molar-refractivity contribution in [3.8, 4) is 0 Å². The number of benzene rings is 2. The second kappa shape index (κ2) is 19.3. The lowest BCUT2D eigenvalue weighted by Gasteiger charge is -2.25. The van der Waals surface area contributed by atoms with Crippen molar-refractivity contribution in [2.45, 2.75) is 72.1 Å². The Hall–Kier alpha value is -5.14. The molecule has 14 nitrogen and oxygen atoms in total. The van der Waals surface area contributed by atoms with Gasteiger partial charge >= 0.3 is 36.1 Å². The summed E-state index contributed by atoms with van der Waals surface area (Å²) in [7, 11) is 0. The number of carboxylic acid groups (broad SMARTS) is 1. The Bertz CT molecular complexity index is 1300. The first-order valence-corrected chi connectivity index (χ1v) is 14.6. The Morgan fingerprint density at radius 1 is 0.652 bits per heavy atom.